The van der Waals surface area contributed by atoms with Crippen molar-refractivity contribution in [3.63, 3.8) is 0 Å². The molecular formula is C10H11N5. The minimum atomic E-state index is 0.0188. The predicted octanol–water partition coefficient (Wildman–Crippen LogP) is 0.766. The van der Waals surface area contributed by atoms with Gasteiger partial charge in [0.05, 0.1) is 5.69 Å². The number of aromatic nitrogens is 3. The Kier molecular flexibility index (Phi) is 2.21. The summed E-state index contributed by atoms with van der Waals surface area (Å²) in [5.41, 5.74) is 7.79. The second kappa shape index (κ2) is 3.53. The van der Waals surface area contributed by atoms with Crippen LogP contribution in [0.5, 0.6) is 0 Å². The lowest BCUT2D eigenvalue weighted by molar-refractivity contribution is 0.761. The van der Waals surface area contributed by atoms with Crippen molar-refractivity contribution in [3.05, 3.63) is 36.3 Å². The van der Waals surface area contributed by atoms with E-state index in [9.17, 15) is 0 Å². The summed E-state index contributed by atoms with van der Waals surface area (Å²) in [6.07, 6.45) is 3.41. The molecule has 0 spiro atoms. The summed E-state index contributed by atoms with van der Waals surface area (Å²) in [7, 11) is 1.77. The van der Waals surface area contributed by atoms with E-state index in [0.29, 0.717) is 5.69 Å². The fourth-order valence-corrected chi connectivity index (χ4v) is 1.38. The second-order valence-corrected chi connectivity index (χ2v) is 3.19. The van der Waals surface area contributed by atoms with Crippen LogP contribution in [0.2, 0.25) is 0 Å². The van der Waals surface area contributed by atoms with Gasteiger partial charge in [0.2, 0.25) is 0 Å². The van der Waals surface area contributed by atoms with Crippen molar-refractivity contribution in [2.45, 2.75) is 0 Å². The number of nitrogens with zero attached hydrogens (tertiary/aromatic N) is 3. The average molecular weight is 201 g/mol. The lowest BCUT2D eigenvalue weighted by Crippen LogP contribution is -2.15. The highest BCUT2D eigenvalue weighted by Crippen LogP contribution is 2.17. The first kappa shape index (κ1) is 9.39. The zero-order valence-corrected chi connectivity index (χ0v) is 8.31. The molecule has 0 atom stereocenters. The molecule has 0 aliphatic rings. The van der Waals surface area contributed by atoms with E-state index in [1.807, 2.05) is 12.1 Å². The van der Waals surface area contributed by atoms with Gasteiger partial charge in [-0.1, -0.05) is 0 Å². The highest BCUT2D eigenvalue weighted by Gasteiger charge is 2.08. The van der Waals surface area contributed by atoms with Gasteiger partial charge in [0, 0.05) is 25.0 Å². The maximum Gasteiger partial charge on any atom is 0.141 e. The molecule has 2 heterocycles. The Bertz CT molecular complexity index is 486. The van der Waals surface area contributed by atoms with Crippen LogP contribution < -0.4 is 5.73 Å². The molecule has 0 aliphatic heterocycles. The topological polar surface area (TPSA) is 80.6 Å². The molecule has 2 aromatic heterocycles. The molecule has 5 nitrogen and oxygen atoms in total. The van der Waals surface area contributed by atoms with Crippen molar-refractivity contribution in [1.29, 1.82) is 5.41 Å². The van der Waals surface area contributed by atoms with E-state index in [0.717, 1.165) is 11.3 Å². The molecule has 2 aromatic rings. The average Bonchev–Trinajstić information content (AvgIpc) is 2.62. The van der Waals surface area contributed by atoms with E-state index in [1.54, 1.807) is 30.2 Å². The summed E-state index contributed by atoms with van der Waals surface area (Å²) in [6.45, 7) is 0. The number of hydrogen-bond donors (Lipinski definition) is 2. The summed E-state index contributed by atoms with van der Waals surface area (Å²) >= 11 is 0. The van der Waals surface area contributed by atoms with E-state index in [4.69, 9.17) is 11.1 Å². The number of pyridine rings is 1. The molecule has 76 valence electrons. The third-order valence-corrected chi connectivity index (χ3v) is 2.13. The van der Waals surface area contributed by atoms with Gasteiger partial charge in [-0.2, -0.15) is 5.10 Å². The fourth-order valence-electron chi connectivity index (χ4n) is 1.38. The van der Waals surface area contributed by atoms with Crippen LogP contribution in [0.25, 0.3) is 11.3 Å². The fraction of sp³-hybridized carbons (Fsp3) is 0.100. The molecule has 5 heteroatoms. The van der Waals surface area contributed by atoms with Gasteiger partial charge < -0.3 is 5.73 Å². The monoisotopic (exact) mass is 201 g/mol. The number of amidine groups is 1. The quantitative estimate of drug-likeness (QED) is 0.556. The summed E-state index contributed by atoms with van der Waals surface area (Å²) in [5, 5.41) is 11.6. The van der Waals surface area contributed by atoms with Crippen molar-refractivity contribution in [3.8, 4) is 11.3 Å². The van der Waals surface area contributed by atoms with Crippen LogP contribution in [0.15, 0.2) is 30.6 Å². The van der Waals surface area contributed by atoms with Crippen molar-refractivity contribution in [1.82, 2.24) is 14.8 Å². The maximum absolute atomic E-state index is 7.36. The molecular weight excluding hydrogens is 190 g/mol. The first-order valence-electron chi connectivity index (χ1n) is 4.47. The minimum Gasteiger partial charge on any atom is -0.382 e. The van der Waals surface area contributed by atoms with Crippen LogP contribution >= 0.6 is 0 Å². The van der Waals surface area contributed by atoms with E-state index in [2.05, 4.69) is 10.1 Å². The van der Waals surface area contributed by atoms with Gasteiger partial charge >= 0.3 is 0 Å². The number of hydrogen-bond acceptors (Lipinski definition) is 3. The predicted molar refractivity (Wildman–Crippen MR) is 57.5 cm³/mol. The highest BCUT2D eigenvalue weighted by molar-refractivity contribution is 5.94. The zero-order chi connectivity index (χ0) is 10.8. The molecule has 0 aromatic carbocycles. The number of nitrogens with one attached hydrogen (secondary N) is 1. The third-order valence-electron chi connectivity index (χ3n) is 2.13. The van der Waals surface area contributed by atoms with Crippen molar-refractivity contribution in [2.24, 2.45) is 12.8 Å². The molecule has 0 aliphatic carbocycles. The van der Waals surface area contributed by atoms with Crippen molar-refractivity contribution >= 4 is 5.84 Å². The largest absolute Gasteiger partial charge is 0.382 e. The molecule has 0 unspecified atom stereocenters. The van der Waals surface area contributed by atoms with Gasteiger partial charge in [0.15, 0.2) is 0 Å². The van der Waals surface area contributed by atoms with Crippen LogP contribution in [-0.4, -0.2) is 20.6 Å². The third kappa shape index (κ3) is 1.71. The van der Waals surface area contributed by atoms with Crippen LogP contribution in [-0.2, 0) is 7.05 Å². The molecule has 0 bridgehead atoms. The number of aryl methyl sites for hydroxylation is 1. The van der Waals surface area contributed by atoms with Gasteiger partial charge in [-0.25, -0.2) is 0 Å². The summed E-state index contributed by atoms with van der Waals surface area (Å²) in [6, 6.07) is 5.52. The van der Waals surface area contributed by atoms with E-state index in [-0.39, 0.29) is 5.84 Å². The normalized spacial score (nSPS) is 10.2. The first-order valence-corrected chi connectivity index (χ1v) is 4.47. The van der Waals surface area contributed by atoms with Crippen LogP contribution in [0.4, 0.5) is 0 Å². The lowest BCUT2D eigenvalue weighted by atomic mass is 10.2. The molecule has 0 saturated carbocycles. The Morgan fingerprint density at radius 2 is 2.07 bits per heavy atom. The standard InChI is InChI=1S/C10H11N5/c1-15-9(10(11)12)6-8(14-15)7-2-4-13-5-3-7/h2-6H,1H3,(H3,11,12). The van der Waals surface area contributed by atoms with Gasteiger partial charge in [-0.3, -0.25) is 15.1 Å². The number of rotatable bonds is 2. The van der Waals surface area contributed by atoms with Crippen molar-refractivity contribution < 1.29 is 0 Å². The van der Waals surface area contributed by atoms with Gasteiger partial charge in [0.1, 0.15) is 11.5 Å². The Morgan fingerprint density at radius 3 is 2.60 bits per heavy atom. The Morgan fingerprint density at radius 1 is 1.40 bits per heavy atom. The Hall–Kier alpha value is -2.17. The number of nitrogen functional groups attached to an aromatic ring is 1. The smallest absolute Gasteiger partial charge is 0.141 e. The van der Waals surface area contributed by atoms with Crippen molar-refractivity contribution in [2.75, 3.05) is 0 Å². The minimum absolute atomic E-state index is 0.0188. The summed E-state index contributed by atoms with van der Waals surface area (Å²) in [4.78, 5) is 3.93. The van der Waals surface area contributed by atoms with E-state index < -0.39 is 0 Å². The molecule has 0 saturated heterocycles. The van der Waals surface area contributed by atoms with Crippen LogP contribution in [0.3, 0.4) is 0 Å². The van der Waals surface area contributed by atoms with E-state index in [1.165, 1.54) is 0 Å². The second-order valence-electron chi connectivity index (χ2n) is 3.19. The zero-order valence-electron chi connectivity index (χ0n) is 8.31. The molecule has 0 fully saturated rings. The van der Waals surface area contributed by atoms with Gasteiger partial charge in [-0.05, 0) is 18.2 Å². The molecule has 0 amide bonds. The maximum atomic E-state index is 7.36. The van der Waals surface area contributed by atoms with Gasteiger partial charge in [-0.15, -0.1) is 0 Å². The Labute approximate surface area is 87.1 Å². The molecule has 2 rings (SSSR count). The molecule has 0 radical (unpaired) electrons. The van der Waals surface area contributed by atoms with Crippen LogP contribution in [0.1, 0.15) is 5.69 Å². The lowest BCUT2D eigenvalue weighted by Gasteiger charge is -1.95. The highest BCUT2D eigenvalue weighted by atomic mass is 15.3. The summed E-state index contributed by atoms with van der Waals surface area (Å²) < 4.78 is 1.60. The first-order chi connectivity index (χ1) is 7.18. The van der Waals surface area contributed by atoms with Gasteiger partial charge in [0.25, 0.3) is 0 Å². The summed E-state index contributed by atoms with van der Waals surface area (Å²) in [5.74, 6) is 0.0188. The SMILES string of the molecule is Cn1nc(-c2ccncc2)cc1C(=N)N. The Balaban J connectivity index is 2.48. The molecule has 15 heavy (non-hydrogen) atoms. The molecule has 3 N–H and O–H groups in total. The van der Waals surface area contributed by atoms with E-state index >= 15 is 0 Å². The van der Waals surface area contributed by atoms with Crippen LogP contribution in [0, 0.1) is 5.41 Å². The number of nitrogens with two attached hydrogens (primary N) is 1.